The number of fused-ring (bicyclic) bond motifs is 4. The van der Waals surface area contributed by atoms with E-state index in [0.29, 0.717) is 11.5 Å². The minimum atomic E-state index is -0.421. The Morgan fingerprint density at radius 3 is 1.78 bits per heavy atom. The summed E-state index contributed by atoms with van der Waals surface area (Å²) >= 11 is 0. The Morgan fingerprint density at radius 2 is 1.10 bits per heavy atom. The van der Waals surface area contributed by atoms with E-state index in [1.807, 2.05) is 12.3 Å². The first-order valence-corrected chi connectivity index (χ1v) is 23.5. The van der Waals surface area contributed by atoms with Gasteiger partial charge in [0, 0.05) is 66.8 Å². The summed E-state index contributed by atoms with van der Waals surface area (Å²) in [4.78, 5) is 9.57. The number of para-hydroxylation sites is 2. The van der Waals surface area contributed by atoms with Crippen molar-refractivity contribution in [2.24, 2.45) is 0 Å². The number of nitrogens with zero attached hydrogens (tertiary/aromatic N) is 4. The van der Waals surface area contributed by atoms with Gasteiger partial charge in [-0.2, -0.15) is 12.1 Å². The third kappa shape index (κ3) is 8.45. The molecule has 0 spiro atoms. The van der Waals surface area contributed by atoms with Gasteiger partial charge < -0.3 is 19.1 Å². The number of pyridine rings is 1. The van der Waals surface area contributed by atoms with Crippen LogP contribution in [0.5, 0.6) is 11.5 Å². The molecule has 0 unspecified atom stereocenters. The molecule has 346 valence electrons. The number of benzene rings is 7. The molecule has 0 N–H and O–H groups in total. The first-order chi connectivity index (χ1) is 32.0. The standard InChI is InChI=1S/C62H59N4O.Pt/c1-59(2,3)44-24-19-25-47(36-44)64-41-65(54-27-18-17-26-53(54)64)48-29-33-52(62(9,10)43-22-15-12-16-23-43)57(39-48)67-49-30-32-51-50-31-28-45(60(4,5)6)37-55(50)66(56(51)40-49)58-38-46(34-35-63-58)61(7,8)42-20-13-11-14-21-42;/h11-38,41H,1-10H3;/q-3;. The average Bonchev–Trinajstić information content (AvgIpc) is 3.87. The van der Waals surface area contributed by atoms with Gasteiger partial charge in [-0.3, -0.25) is 0 Å². The summed E-state index contributed by atoms with van der Waals surface area (Å²) in [5, 5.41) is 2.22. The van der Waals surface area contributed by atoms with Crippen molar-refractivity contribution in [2.45, 2.75) is 90.9 Å². The summed E-state index contributed by atoms with van der Waals surface area (Å²) in [6.45, 7) is 24.8. The molecule has 0 fully saturated rings. The SMILES string of the molecule is CC(C)(C)c1cccc(N2[CH-]N(c3[c-]c(Oc4[c-]c5c(cc4)c4ccc(C(C)(C)C)cc4n5-c4cc(C(C)(C)c5ccccc5)ccn4)c(C(C)(C)c4ccccc4)cc3)c3ccccc32)c1.[Pt]. The van der Waals surface area contributed by atoms with Gasteiger partial charge in [0.05, 0.1) is 0 Å². The molecule has 5 nitrogen and oxygen atoms in total. The molecular weight excluding hydrogens is 1010 g/mol. The first-order valence-electron chi connectivity index (χ1n) is 23.5. The Balaban J connectivity index is 0.00000578. The van der Waals surface area contributed by atoms with Crippen LogP contribution in [-0.2, 0) is 42.7 Å². The number of ether oxygens (including phenoxy) is 1. The number of hydrogen-bond acceptors (Lipinski definition) is 4. The molecule has 10 rings (SSSR count). The molecule has 6 heteroatoms. The molecule has 2 aromatic heterocycles. The van der Waals surface area contributed by atoms with E-state index in [4.69, 9.17) is 9.72 Å². The maximum absolute atomic E-state index is 7.18. The maximum atomic E-state index is 7.18. The predicted octanol–water partition coefficient (Wildman–Crippen LogP) is 16.2. The molecule has 1 aliphatic rings. The molecule has 7 aromatic carbocycles. The topological polar surface area (TPSA) is 33.5 Å². The van der Waals surface area contributed by atoms with E-state index >= 15 is 0 Å². The smallest absolute Gasteiger partial charge is 0.135 e. The van der Waals surface area contributed by atoms with Crippen LogP contribution in [0.2, 0.25) is 0 Å². The van der Waals surface area contributed by atoms with Crippen molar-refractivity contribution in [3.8, 4) is 17.3 Å². The fraction of sp³-hybridized carbons (Fsp3) is 0.226. The van der Waals surface area contributed by atoms with Gasteiger partial charge in [0.25, 0.3) is 0 Å². The van der Waals surface area contributed by atoms with Crippen molar-refractivity contribution in [3.05, 3.63) is 222 Å². The van der Waals surface area contributed by atoms with E-state index in [2.05, 4.69) is 260 Å². The van der Waals surface area contributed by atoms with Gasteiger partial charge in [-0.15, -0.1) is 47.6 Å². The van der Waals surface area contributed by atoms with Gasteiger partial charge in [0.2, 0.25) is 0 Å². The Hall–Kier alpha value is -6.42. The van der Waals surface area contributed by atoms with Crippen molar-refractivity contribution in [3.63, 3.8) is 0 Å². The monoisotopic (exact) mass is 1070 g/mol. The van der Waals surface area contributed by atoms with Crippen LogP contribution >= 0.6 is 0 Å². The zero-order chi connectivity index (χ0) is 46.9. The summed E-state index contributed by atoms with van der Waals surface area (Å²) in [6, 6.07) is 66.2. The number of rotatable bonds is 9. The van der Waals surface area contributed by atoms with Crippen molar-refractivity contribution in [1.29, 1.82) is 0 Å². The molecule has 0 amide bonds. The summed E-state index contributed by atoms with van der Waals surface area (Å²) in [7, 11) is 0. The van der Waals surface area contributed by atoms with E-state index in [1.54, 1.807) is 0 Å². The molecule has 0 saturated carbocycles. The summed E-state index contributed by atoms with van der Waals surface area (Å²) in [6.07, 6.45) is 1.94. The van der Waals surface area contributed by atoms with Crippen LogP contribution in [0.4, 0.5) is 22.7 Å². The van der Waals surface area contributed by atoms with E-state index in [-0.39, 0.29) is 37.3 Å². The van der Waals surface area contributed by atoms with Crippen molar-refractivity contribution >= 4 is 44.6 Å². The zero-order valence-corrected chi connectivity index (χ0v) is 43.0. The number of anilines is 4. The normalized spacial score (nSPS) is 13.2. The minimum absolute atomic E-state index is 0. The fourth-order valence-electron chi connectivity index (χ4n) is 9.57. The Morgan fingerprint density at radius 1 is 0.500 bits per heavy atom. The first kappa shape index (κ1) is 46.7. The molecule has 0 atom stereocenters. The average molecular weight is 1070 g/mol. The fourth-order valence-corrected chi connectivity index (χ4v) is 9.57. The van der Waals surface area contributed by atoms with Crippen molar-refractivity contribution in [2.75, 3.05) is 9.80 Å². The third-order valence-corrected chi connectivity index (χ3v) is 13.9. The van der Waals surface area contributed by atoms with Gasteiger partial charge in [-0.05, 0) is 91.9 Å². The molecule has 0 aliphatic carbocycles. The minimum Gasteiger partial charge on any atom is -0.509 e. The van der Waals surface area contributed by atoms with Crippen LogP contribution in [0.3, 0.4) is 0 Å². The molecule has 0 saturated heterocycles. The summed E-state index contributed by atoms with van der Waals surface area (Å²) in [5.74, 6) is 2.07. The van der Waals surface area contributed by atoms with Gasteiger partial charge in [-0.1, -0.05) is 172 Å². The number of hydrogen-bond donors (Lipinski definition) is 0. The second kappa shape index (κ2) is 17.6. The Labute approximate surface area is 417 Å². The molecule has 3 heterocycles. The summed E-state index contributed by atoms with van der Waals surface area (Å²) < 4.78 is 9.45. The predicted molar refractivity (Wildman–Crippen MR) is 279 cm³/mol. The van der Waals surface area contributed by atoms with Crippen LogP contribution in [0.1, 0.15) is 103 Å². The Kier molecular flexibility index (Phi) is 12.1. The Bertz CT molecular complexity index is 3280. The quantitative estimate of drug-likeness (QED) is 0.135. The van der Waals surface area contributed by atoms with Gasteiger partial charge >= 0.3 is 0 Å². The molecule has 68 heavy (non-hydrogen) atoms. The molecule has 0 radical (unpaired) electrons. The second-order valence-electron chi connectivity index (χ2n) is 21.1. The third-order valence-electron chi connectivity index (χ3n) is 13.9. The molecule has 0 bridgehead atoms. The van der Waals surface area contributed by atoms with Crippen molar-refractivity contribution in [1.82, 2.24) is 9.55 Å². The van der Waals surface area contributed by atoms with Crippen molar-refractivity contribution < 1.29 is 25.8 Å². The van der Waals surface area contributed by atoms with Gasteiger partial charge in [0.1, 0.15) is 5.82 Å². The molecule has 1 aliphatic heterocycles. The largest absolute Gasteiger partial charge is 0.509 e. The molecular formula is C62H59N4OPt-3. The molecule has 9 aromatic rings. The second-order valence-corrected chi connectivity index (χ2v) is 21.1. The number of aromatic nitrogens is 2. The van der Waals surface area contributed by atoms with Crippen LogP contribution in [-0.4, -0.2) is 9.55 Å². The van der Waals surface area contributed by atoms with Gasteiger partial charge in [0.15, 0.2) is 0 Å². The van der Waals surface area contributed by atoms with Gasteiger partial charge in [-0.25, -0.2) is 4.98 Å². The van der Waals surface area contributed by atoms with E-state index in [9.17, 15) is 0 Å². The van der Waals surface area contributed by atoms with Crippen LogP contribution < -0.4 is 14.5 Å². The van der Waals surface area contributed by atoms with Crippen LogP contribution in [0, 0.1) is 18.8 Å². The summed E-state index contributed by atoms with van der Waals surface area (Å²) in [5.41, 5.74) is 12.6. The van der Waals surface area contributed by atoms with E-state index < -0.39 is 5.41 Å². The van der Waals surface area contributed by atoms with Crippen LogP contribution in [0.15, 0.2) is 170 Å². The zero-order valence-electron chi connectivity index (χ0n) is 40.8. The van der Waals surface area contributed by atoms with Crippen LogP contribution in [0.25, 0.3) is 27.6 Å². The maximum Gasteiger partial charge on any atom is 0.135 e. The van der Waals surface area contributed by atoms with E-state index in [1.165, 1.54) is 27.8 Å². The van der Waals surface area contributed by atoms with E-state index in [0.717, 1.165) is 55.9 Å².